The molecule has 1 aliphatic carbocycles. The molecule has 0 aromatic heterocycles. The van der Waals surface area contributed by atoms with Crippen LogP contribution in [0.1, 0.15) is 59.2 Å². The van der Waals surface area contributed by atoms with Crippen LogP contribution >= 0.6 is 0 Å². The van der Waals surface area contributed by atoms with E-state index < -0.39 is 6.04 Å². The molecule has 0 radical (unpaired) electrons. The average Bonchev–Trinajstić information content (AvgIpc) is 3.51. The molecule has 3 heterocycles. The van der Waals surface area contributed by atoms with E-state index in [2.05, 4.69) is 34.5 Å². The lowest BCUT2D eigenvalue weighted by Gasteiger charge is -2.29. The Hall–Kier alpha value is -3.19. The number of amides is 3. The van der Waals surface area contributed by atoms with Crippen molar-refractivity contribution < 1.29 is 19.1 Å². The standard InChI is InChI=1S/C26H27N3O4/c30-24-11-10-22(25(31)27-24)29-15-18-12-19(8-9-20(18)26(29)32)33-23-7-3-6-21(23)28-13-16-4-1-2-5-17(16)14-28/h1-2,4-5,8-9,12,21-23H,3,6-7,10-11,13-15H2,(H,27,30,31)/t21-,22?,23-/m1/s1. The number of benzene rings is 2. The fourth-order valence-electron chi connectivity index (χ4n) is 5.85. The second-order valence-electron chi connectivity index (χ2n) is 9.55. The van der Waals surface area contributed by atoms with E-state index in [0.29, 0.717) is 24.6 Å². The molecule has 3 atom stereocenters. The zero-order valence-corrected chi connectivity index (χ0v) is 18.5. The molecule has 0 bridgehead atoms. The molecule has 7 nitrogen and oxygen atoms in total. The van der Waals surface area contributed by atoms with E-state index in [9.17, 15) is 14.4 Å². The number of rotatable bonds is 4. The lowest BCUT2D eigenvalue weighted by atomic mass is 10.0. The molecule has 4 aliphatic rings. The van der Waals surface area contributed by atoms with Crippen LogP contribution in [0.5, 0.6) is 5.75 Å². The van der Waals surface area contributed by atoms with E-state index in [1.54, 1.807) is 4.90 Å². The summed E-state index contributed by atoms with van der Waals surface area (Å²) in [5.74, 6) is -0.0347. The van der Waals surface area contributed by atoms with Crippen LogP contribution in [0.15, 0.2) is 42.5 Å². The summed E-state index contributed by atoms with van der Waals surface area (Å²) in [5.41, 5.74) is 4.32. The molecule has 170 valence electrons. The lowest BCUT2D eigenvalue weighted by molar-refractivity contribution is -0.136. The van der Waals surface area contributed by atoms with Crippen LogP contribution in [0.25, 0.3) is 0 Å². The Morgan fingerprint density at radius 2 is 1.67 bits per heavy atom. The maximum Gasteiger partial charge on any atom is 0.255 e. The molecule has 1 saturated carbocycles. The van der Waals surface area contributed by atoms with Crippen molar-refractivity contribution in [1.29, 1.82) is 0 Å². The number of piperidine rings is 1. The molecule has 2 aromatic carbocycles. The third-order valence-electron chi connectivity index (χ3n) is 7.53. The van der Waals surface area contributed by atoms with Gasteiger partial charge in [-0.25, -0.2) is 0 Å². The van der Waals surface area contributed by atoms with E-state index in [1.807, 2.05) is 18.2 Å². The summed E-state index contributed by atoms with van der Waals surface area (Å²) in [7, 11) is 0. The van der Waals surface area contributed by atoms with Crippen LogP contribution in [0.4, 0.5) is 0 Å². The molecule has 33 heavy (non-hydrogen) atoms. The highest BCUT2D eigenvalue weighted by Gasteiger charge is 2.40. The smallest absolute Gasteiger partial charge is 0.255 e. The zero-order chi connectivity index (χ0) is 22.5. The Bertz CT molecular complexity index is 1120. The maximum atomic E-state index is 12.9. The summed E-state index contributed by atoms with van der Waals surface area (Å²) in [6.45, 7) is 2.31. The van der Waals surface area contributed by atoms with E-state index in [1.165, 1.54) is 11.1 Å². The Balaban J connectivity index is 1.16. The van der Waals surface area contributed by atoms with Gasteiger partial charge in [0.2, 0.25) is 11.8 Å². The molecule has 0 spiro atoms. The quantitative estimate of drug-likeness (QED) is 0.733. The highest BCUT2D eigenvalue weighted by Crippen LogP contribution is 2.35. The van der Waals surface area contributed by atoms with Gasteiger partial charge in [-0.2, -0.15) is 0 Å². The Labute approximate surface area is 192 Å². The minimum absolute atomic E-state index is 0.126. The number of hydrogen-bond acceptors (Lipinski definition) is 5. The van der Waals surface area contributed by atoms with Crippen LogP contribution in [-0.4, -0.2) is 45.7 Å². The first-order valence-corrected chi connectivity index (χ1v) is 11.8. The Kier molecular flexibility index (Phi) is 4.94. The SMILES string of the molecule is O=C1CCC(N2Cc3cc(O[C@@H]4CCC[C@H]4N4Cc5ccccc5C4)ccc3C2=O)C(=O)N1. The monoisotopic (exact) mass is 445 g/mol. The van der Waals surface area contributed by atoms with Gasteiger partial charge in [-0.3, -0.25) is 24.6 Å². The highest BCUT2D eigenvalue weighted by molar-refractivity contribution is 6.05. The van der Waals surface area contributed by atoms with E-state index in [-0.39, 0.29) is 30.2 Å². The number of carbonyl (C=O) groups is 3. The van der Waals surface area contributed by atoms with E-state index in [0.717, 1.165) is 43.7 Å². The molecular weight excluding hydrogens is 418 g/mol. The van der Waals surface area contributed by atoms with Crippen molar-refractivity contribution in [2.24, 2.45) is 0 Å². The highest BCUT2D eigenvalue weighted by atomic mass is 16.5. The summed E-state index contributed by atoms with van der Waals surface area (Å²) in [5, 5.41) is 2.35. The minimum atomic E-state index is -0.594. The number of imide groups is 1. The van der Waals surface area contributed by atoms with Gasteiger partial charge in [0, 0.05) is 37.7 Å². The lowest BCUT2D eigenvalue weighted by Crippen LogP contribution is -2.52. The molecular formula is C26H27N3O4. The van der Waals surface area contributed by atoms with Crippen LogP contribution in [0.2, 0.25) is 0 Å². The van der Waals surface area contributed by atoms with Crippen molar-refractivity contribution in [2.75, 3.05) is 0 Å². The second kappa shape index (κ2) is 7.99. The normalized spacial score (nSPS) is 27.0. The second-order valence-corrected chi connectivity index (χ2v) is 9.55. The summed E-state index contributed by atoms with van der Waals surface area (Å²) < 4.78 is 6.48. The number of hydrogen-bond donors (Lipinski definition) is 1. The number of ether oxygens (including phenoxy) is 1. The Morgan fingerprint density at radius 3 is 2.42 bits per heavy atom. The van der Waals surface area contributed by atoms with Crippen molar-refractivity contribution in [2.45, 2.75) is 69.9 Å². The molecule has 1 N–H and O–H groups in total. The number of nitrogens with zero attached hydrogens (tertiary/aromatic N) is 2. The van der Waals surface area contributed by atoms with Crippen LogP contribution < -0.4 is 10.1 Å². The summed E-state index contributed by atoms with van der Waals surface area (Å²) >= 11 is 0. The van der Waals surface area contributed by atoms with Crippen LogP contribution in [-0.2, 0) is 29.2 Å². The fraction of sp³-hybridized carbons (Fsp3) is 0.423. The predicted octanol–water partition coefficient (Wildman–Crippen LogP) is 2.76. The van der Waals surface area contributed by atoms with Gasteiger partial charge in [0.1, 0.15) is 17.9 Å². The molecule has 1 saturated heterocycles. The third-order valence-corrected chi connectivity index (χ3v) is 7.53. The van der Waals surface area contributed by atoms with Gasteiger partial charge < -0.3 is 9.64 Å². The van der Waals surface area contributed by atoms with Crippen molar-refractivity contribution >= 4 is 17.7 Å². The summed E-state index contributed by atoms with van der Waals surface area (Å²) in [6, 6.07) is 14.1. The van der Waals surface area contributed by atoms with Crippen molar-refractivity contribution in [3.05, 3.63) is 64.7 Å². The van der Waals surface area contributed by atoms with Gasteiger partial charge in [0.05, 0.1) is 0 Å². The van der Waals surface area contributed by atoms with Crippen molar-refractivity contribution in [1.82, 2.24) is 15.1 Å². The number of fused-ring (bicyclic) bond motifs is 2. The molecule has 3 amide bonds. The van der Waals surface area contributed by atoms with Gasteiger partial charge in [-0.1, -0.05) is 24.3 Å². The maximum absolute atomic E-state index is 12.9. The van der Waals surface area contributed by atoms with Gasteiger partial charge in [0.25, 0.3) is 5.91 Å². The Morgan fingerprint density at radius 1 is 0.879 bits per heavy atom. The molecule has 2 fully saturated rings. The topological polar surface area (TPSA) is 79.0 Å². The van der Waals surface area contributed by atoms with Crippen LogP contribution in [0, 0.1) is 0 Å². The molecule has 3 aliphatic heterocycles. The first-order chi connectivity index (χ1) is 16.1. The van der Waals surface area contributed by atoms with Gasteiger partial charge >= 0.3 is 0 Å². The van der Waals surface area contributed by atoms with Gasteiger partial charge in [-0.15, -0.1) is 0 Å². The van der Waals surface area contributed by atoms with E-state index >= 15 is 0 Å². The largest absolute Gasteiger partial charge is 0.489 e. The average molecular weight is 446 g/mol. The first-order valence-electron chi connectivity index (χ1n) is 11.8. The third kappa shape index (κ3) is 3.60. The number of nitrogens with one attached hydrogen (secondary N) is 1. The minimum Gasteiger partial charge on any atom is -0.489 e. The molecule has 2 aromatic rings. The first kappa shape index (κ1) is 20.4. The van der Waals surface area contributed by atoms with Crippen LogP contribution in [0.3, 0.4) is 0 Å². The van der Waals surface area contributed by atoms with E-state index in [4.69, 9.17) is 4.74 Å². The van der Waals surface area contributed by atoms with Gasteiger partial charge in [-0.05, 0) is 60.6 Å². The molecule has 6 rings (SSSR count). The van der Waals surface area contributed by atoms with Crippen molar-refractivity contribution in [3.63, 3.8) is 0 Å². The van der Waals surface area contributed by atoms with Crippen molar-refractivity contribution in [3.8, 4) is 5.75 Å². The van der Waals surface area contributed by atoms with Gasteiger partial charge in [0.15, 0.2) is 0 Å². The summed E-state index contributed by atoms with van der Waals surface area (Å²) in [6.07, 6.45) is 4.06. The zero-order valence-electron chi connectivity index (χ0n) is 18.5. The summed E-state index contributed by atoms with van der Waals surface area (Å²) in [4.78, 5) is 40.8. The number of carbonyl (C=O) groups excluding carboxylic acids is 3. The predicted molar refractivity (Wildman–Crippen MR) is 120 cm³/mol. The molecule has 7 heteroatoms. The fourth-order valence-corrected chi connectivity index (χ4v) is 5.85. The molecule has 1 unspecified atom stereocenters.